The van der Waals surface area contributed by atoms with Crippen molar-refractivity contribution in [3.05, 3.63) is 0 Å². The molecular weight excluding hydrogens is 243 g/mol. The van der Waals surface area contributed by atoms with Crippen LogP contribution in [0, 0.1) is 0 Å². The van der Waals surface area contributed by atoms with Gasteiger partial charge >= 0.3 is 23.1 Å². The molecule has 2 radical (unpaired) electrons. The predicted octanol–water partition coefficient (Wildman–Crippen LogP) is -0.166. The van der Waals surface area contributed by atoms with Gasteiger partial charge in [-0.2, -0.15) is 0 Å². The van der Waals surface area contributed by atoms with Crippen LogP contribution in [0.25, 0.3) is 0 Å². The zero-order valence-corrected chi connectivity index (χ0v) is 8.67. The summed E-state index contributed by atoms with van der Waals surface area (Å²) < 4.78 is 0. The maximum atomic E-state index is 0. The van der Waals surface area contributed by atoms with Gasteiger partial charge in [-0.05, 0) is 0 Å². The summed E-state index contributed by atoms with van der Waals surface area (Å²) in [5.41, 5.74) is 0. The fourth-order valence-corrected chi connectivity index (χ4v) is 0. The molecule has 0 atom stereocenters. The van der Waals surface area contributed by atoms with E-state index < -0.39 is 0 Å². The molecule has 0 fully saturated rings. The Morgan fingerprint density at radius 3 is 1.20 bits per heavy atom. The molecule has 32 valence electrons. The van der Waals surface area contributed by atoms with E-state index in [1.54, 1.807) is 0 Å². The third-order valence-corrected chi connectivity index (χ3v) is 0. The molecule has 0 aliphatic heterocycles. The van der Waals surface area contributed by atoms with Crippen LogP contribution in [-0.4, -0.2) is 23.1 Å². The molecule has 0 N–H and O–H groups in total. The molecule has 0 saturated carbocycles. The van der Waals surface area contributed by atoms with Gasteiger partial charge in [0.25, 0.3) is 0 Å². The van der Waals surface area contributed by atoms with Crippen LogP contribution < -0.4 is 0 Å². The van der Waals surface area contributed by atoms with Gasteiger partial charge in [0.05, 0.1) is 0 Å². The average molecular weight is 245 g/mol. The molecule has 0 rings (SSSR count). The summed E-state index contributed by atoms with van der Waals surface area (Å²) in [5.74, 6) is 0. The van der Waals surface area contributed by atoms with Crippen LogP contribution in [0.2, 0.25) is 0 Å². The first kappa shape index (κ1) is 43.0. The van der Waals surface area contributed by atoms with Crippen molar-refractivity contribution in [3.8, 4) is 0 Å². The Morgan fingerprint density at radius 1 is 1.20 bits per heavy atom. The fourth-order valence-electron chi connectivity index (χ4n) is 0. The first-order chi connectivity index (χ1) is 0. The van der Waals surface area contributed by atoms with Crippen LogP contribution in [-0.2, 0) is 73.2 Å². The molecule has 0 spiro atoms. The van der Waals surface area contributed by atoms with Gasteiger partial charge in [0.15, 0.2) is 0 Å². The van der Waals surface area contributed by atoms with Gasteiger partial charge in [-0.15, -0.1) is 0 Å². The minimum atomic E-state index is 0. The van der Waals surface area contributed by atoms with Crippen molar-refractivity contribution in [2.75, 3.05) is 0 Å². The van der Waals surface area contributed by atoms with Crippen LogP contribution in [0.4, 0.5) is 0 Å². The molecule has 0 nitrogen and oxygen atoms in total. The Morgan fingerprint density at radius 2 is 1.20 bits per heavy atom. The van der Waals surface area contributed by atoms with E-state index in [4.69, 9.17) is 0 Å². The molecule has 0 aliphatic carbocycles. The van der Waals surface area contributed by atoms with Gasteiger partial charge in [-0.25, -0.2) is 0 Å². The summed E-state index contributed by atoms with van der Waals surface area (Å²) in [6.07, 6.45) is 0. The van der Waals surface area contributed by atoms with Crippen molar-refractivity contribution in [2.24, 2.45) is 0 Å². The zero-order chi connectivity index (χ0) is 0. The Bertz CT molecular complexity index is 17.7. The van der Waals surface area contributed by atoms with E-state index in [2.05, 4.69) is 0 Å². The SMILES string of the molecule is [Cr].[Cu].[H-].[H-].[Mg+2].[Mn].[Ti]. The summed E-state index contributed by atoms with van der Waals surface area (Å²) in [4.78, 5) is 0. The zero-order valence-electron chi connectivity index (χ0n) is 4.29. The Hall–Kier alpha value is 3.05. The summed E-state index contributed by atoms with van der Waals surface area (Å²) >= 11 is 0. The molecule has 0 amide bonds. The maximum absolute atomic E-state index is 0. The van der Waals surface area contributed by atoms with Gasteiger partial charge in [0.1, 0.15) is 0 Å². The molecule has 0 saturated heterocycles. The first-order valence-corrected chi connectivity index (χ1v) is 0. The predicted molar refractivity (Wildman–Crippen MR) is 7.98 cm³/mol. The van der Waals surface area contributed by atoms with E-state index in [0.29, 0.717) is 0 Å². The quantitative estimate of drug-likeness (QED) is 0.520. The van der Waals surface area contributed by atoms with Gasteiger partial charge in [-0.1, -0.05) is 0 Å². The molecule has 5 heteroatoms. The van der Waals surface area contributed by atoms with Gasteiger partial charge in [0, 0.05) is 73.2 Å². The van der Waals surface area contributed by atoms with E-state index in [1.807, 2.05) is 0 Å². The Balaban J connectivity index is 0. The molecule has 0 aromatic carbocycles. The second kappa shape index (κ2) is 27.7. The van der Waals surface area contributed by atoms with Crippen LogP contribution >= 0.6 is 0 Å². The van der Waals surface area contributed by atoms with Crippen molar-refractivity contribution in [3.63, 3.8) is 0 Å². The maximum Gasteiger partial charge on any atom is 2.00 e. The van der Waals surface area contributed by atoms with Gasteiger partial charge < -0.3 is 2.85 Å². The van der Waals surface area contributed by atoms with Gasteiger partial charge in [-0.3, -0.25) is 0 Å². The molecule has 0 aliphatic rings. The van der Waals surface area contributed by atoms with Crippen molar-refractivity contribution in [2.45, 2.75) is 0 Å². The third kappa shape index (κ3) is 19.3. The number of rotatable bonds is 0. The minimum absolute atomic E-state index is 0. The summed E-state index contributed by atoms with van der Waals surface area (Å²) in [5, 5.41) is 0. The van der Waals surface area contributed by atoms with E-state index in [1.165, 1.54) is 0 Å². The smallest absolute Gasteiger partial charge is 1.00 e. The standard InChI is InChI=1S/Cr.Cu.Mg.Mn.Ti.2H/q;;+2;;;2*-1. The van der Waals surface area contributed by atoms with E-state index in [0.717, 1.165) is 0 Å². The topological polar surface area (TPSA) is 0 Å². The molecule has 0 unspecified atom stereocenters. The van der Waals surface area contributed by atoms with E-state index in [9.17, 15) is 0 Å². The third-order valence-electron chi connectivity index (χ3n) is 0. The summed E-state index contributed by atoms with van der Waals surface area (Å²) in [6, 6.07) is 0. The van der Waals surface area contributed by atoms with Crippen LogP contribution in [0.15, 0.2) is 0 Å². The number of hydrogen-bond acceptors (Lipinski definition) is 0. The monoisotopic (exact) mass is 244 g/mol. The van der Waals surface area contributed by atoms with Crippen molar-refractivity contribution < 1.29 is 76.1 Å². The van der Waals surface area contributed by atoms with Crippen molar-refractivity contribution in [1.82, 2.24) is 0 Å². The molecular formula is H2CrCuMgMnTi. The largest absolute Gasteiger partial charge is 2.00 e. The second-order valence-corrected chi connectivity index (χ2v) is 0. The fraction of sp³-hybridized carbons (Fsp3) is 0. The molecule has 5 heavy (non-hydrogen) atoms. The van der Waals surface area contributed by atoms with E-state index in [-0.39, 0.29) is 99.1 Å². The van der Waals surface area contributed by atoms with Crippen LogP contribution in [0.1, 0.15) is 2.85 Å². The molecule has 0 aromatic heterocycles. The molecule has 0 bridgehead atoms. The Kier molecular flexibility index (Phi) is 238. The molecule has 0 heterocycles. The van der Waals surface area contributed by atoms with Crippen molar-refractivity contribution >= 4 is 23.1 Å². The van der Waals surface area contributed by atoms with Crippen molar-refractivity contribution in [1.29, 1.82) is 0 Å². The van der Waals surface area contributed by atoms with Gasteiger partial charge in [0.2, 0.25) is 0 Å². The summed E-state index contributed by atoms with van der Waals surface area (Å²) in [6.45, 7) is 0. The van der Waals surface area contributed by atoms with Crippen LogP contribution in [0.3, 0.4) is 0 Å². The van der Waals surface area contributed by atoms with Crippen LogP contribution in [0.5, 0.6) is 0 Å². The van der Waals surface area contributed by atoms with E-state index >= 15 is 0 Å². The summed E-state index contributed by atoms with van der Waals surface area (Å²) in [7, 11) is 0. The second-order valence-electron chi connectivity index (χ2n) is 0. The molecule has 0 aromatic rings. The Labute approximate surface area is 97.7 Å². The first-order valence-electron chi connectivity index (χ1n) is 0. The number of hydrogen-bond donors (Lipinski definition) is 0. The minimum Gasteiger partial charge on any atom is -1.00 e. The normalized spacial score (nSPS) is 0. The average Bonchev–Trinajstić information content (AvgIpc) is 0.